The monoisotopic (exact) mass is 407 g/mol. The van der Waals surface area contributed by atoms with Gasteiger partial charge in [-0.2, -0.15) is 0 Å². The van der Waals surface area contributed by atoms with Gasteiger partial charge in [0.15, 0.2) is 0 Å². The van der Waals surface area contributed by atoms with Gasteiger partial charge >= 0.3 is 5.97 Å². The first-order valence-corrected chi connectivity index (χ1v) is 7.77. The highest BCUT2D eigenvalue weighted by Gasteiger charge is 2.38. The van der Waals surface area contributed by atoms with E-state index in [9.17, 15) is 14.7 Å². The van der Waals surface area contributed by atoms with Gasteiger partial charge in [0.05, 0.1) is 10.4 Å². The first-order chi connectivity index (χ1) is 9.33. The van der Waals surface area contributed by atoms with Gasteiger partial charge in [-0.1, -0.05) is 11.6 Å². The molecule has 1 fully saturated rings. The van der Waals surface area contributed by atoms with Crippen molar-refractivity contribution < 1.29 is 14.7 Å². The van der Waals surface area contributed by atoms with E-state index in [0.29, 0.717) is 36.5 Å². The maximum absolute atomic E-state index is 12.4. The van der Waals surface area contributed by atoms with Crippen LogP contribution in [0.1, 0.15) is 30.1 Å². The van der Waals surface area contributed by atoms with Gasteiger partial charge in [-0.25, -0.2) is 0 Å². The van der Waals surface area contributed by atoms with Crippen LogP contribution in [0.25, 0.3) is 0 Å². The van der Waals surface area contributed by atoms with E-state index >= 15 is 0 Å². The Hall–Kier alpha value is -0.820. The summed E-state index contributed by atoms with van der Waals surface area (Å²) in [4.78, 5) is 25.2. The van der Waals surface area contributed by atoms with E-state index in [-0.39, 0.29) is 5.91 Å². The number of piperidine rings is 1. The Bertz CT molecular complexity index is 553. The molecule has 0 bridgehead atoms. The number of likely N-dealkylation sites (tertiary alicyclic amines) is 1. The number of hydrogen-bond donors (Lipinski definition) is 1. The molecule has 1 aromatic carbocycles. The van der Waals surface area contributed by atoms with Crippen LogP contribution in [-0.2, 0) is 4.79 Å². The van der Waals surface area contributed by atoms with Crippen molar-refractivity contribution in [2.24, 2.45) is 5.41 Å². The van der Waals surface area contributed by atoms with E-state index in [1.54, 1.807) is 30.0 Å². The molecule has 1 saturated heterocycles. The lowest BCUT2D eigenvalue weighted by molar-refractivity contribution is -0.150. The van der Waals surface area contributed by atoms with Gasteiger partial charge in [0.2, 0.25) is 0 Å². The molecule has 0 radical (unpaired) electrons. The molecule has 1 N–H and O–H groups in total. The van der Waals surface area contributed by atoms with E-state index in [1.807, 2.05) is 0 Å². The van der Waals surface area contributed by atoms with E-state index in [1.165, 1.54) is 0 Å². The van der Waals surface area contributed by atoms with Crippen LogP contribution in [0.4, 0.5) is 0 Å². The average molecular weight is 408 g/mol. The molecule has 4 nitrogen and oxygen atoms in total. The predicted molar refractivity (Wildman–Crippen MR) is 85.0 cm³/mol. The molecule has 108 valence electrons. The Morgan fingerprint density at radius 2 is 1.95 bits per heavy atom. The van der Waals surface area contributed by atoms with Crippen LogP contribution in [-0.4, -0.2) is 35.0 Å². The standard InChI is InChI=1S/C14H15ClINO3/c1-14(13(19)20)4-6-17(7-5-14)12(18)9-2-3-11(16)10(15)8-9/h2-3,8H,4-7H2,1H3,(H,19,20). The normalized spacial score (nSPS) is 17.9. The molecule has 0 atom stereocenters. The third kappa shape index (κ3) is 3.09. The van der Waals surface area contributed by atoms with Gasteiger partial charge in [-0.15, -0.1) is 0 Å². The summed E-state index contributed by atoms with van der Waals surface area (Å²) in [6, 6.07) is 5.22. The third-order valence-corrected chi connectivity index (χ3v) is 5.41. The molecule has 20 heavy (non-hydrogen) atoms. The highest BCUT2D eigenvalue weighted by atomic mass is 127. The third-order valence-electron chi connectivity index (χ3n) is 3.84. The van der Waals surface area contributed by atoms with Crippen LogP contribution in [0, 0.1) is 8.99 Å². The number of carbonyl (C=O) groups is 2. The molecule has 0 unspecified atom stereocenters. The SMILES string of the molecule is CC1(C(=O)O)CCN(C(=O)c2ccc(I)c(Cl)c2)CC1. The molecule has 0 aromatic heterocycles. The molecule has 0 spiro atoms. The maximum atomic E-state index is 12.4. The first-order valence-electron chi connectivity index (χ1n) is 6.31. The van der Waals surface area contributed by atoms with Crippen molar-refractivity contribution in [1.82, 2.24) is 4.90 Å². The van der Waals surface area contributed by atoms with Gasteiger partial charge in [0.25, 0.3) is 5.91 Å². The molecule has 2 rings (SSSR count). The second-order valence-electron chi connectivity index (χ2n) is 5.29. The number of rotatable bonds is 2. The highest BCUT2D eigenvalue weighted by Crippen LogP contribution is 2.32. The van der Waals surface area contributed by atoms with Crippen molar-refractivity contribution in [3.63, 3.8) is 0 Å². The summed E-state index contributed by atoms with van der Waals surface area (Å²) >= 11 is 8.14. The summed E-state index contributed by atoms with van der Waals surface area (Å²) in [5, 5.41) is 9.74. The fraction of sp³-hybridized carbons (Fsp3) is 0.429. The molecule has 1 aliphatic heterocycles. The summed E-state index contributed by atoms with van der Waals surface area (Å²) in [7, 11) is 0. The van der Waals surface area contributed by atoms with Crippen molar-refractivity contribution in [2.75, 3.05) is 13.1 Å². The zero-order chi connectivity index (χ0) is 14.9. The Morgan fingerprint density at radius 3 is 2.45 bits per heavy atom. The van der Waals surface area contributed by atoms with E-state index < -0.39 is 11.4 Å². The van der Waals surface area contributed by atoms with Crippen molar-refractivity contribution in [1.29, 1.82) is 0 Å². The number of amides is 1. The number of carboxylic acid groups (broad SMARTS) is 1. The summed E-state index contributed by atoms with van der Waals surface area (Å²) in [6.07, 6.45) is 0.957. The summed E-state index contributed by atoms with van der Waals surface area (Å²) < 4.78 is 0.901. The Morgan fingerprint density at radius 1 is 1.35 bits per heavy atom. The first kappa shape index (κ1) is 15.6. The van der Waals surface area contributed by atoms with E-state index in [0.717, 1.165) is 3.57 Å². The molecule has 6 heteroatoms. The second kappa shape index (κ2) is 5.89. The lowest BCUT2D eigenvalue weighted by Crippen LogP contribution is -2.45. The highest BCUT2D eigenvalue weighted by molar-refractivity contribution is 14.1. The zero-order valence-electron chi connectivity index (χ0n) is 11.0. The Labute approximate surface area is 136 Å². The van der Waals surface area contributed by atoms with Gasteiger partial charge < -0.3 is 10.0 Å². The summed E-state index contributed by atoms with van der Waals surface area (Å²) in [6.45, 7) is 2.66. The lowest BCUT2D eigenvalue weighted by Gasteiger charge is -2.36. The Balaban J connectivity index is 2.08. The zero-order valence-corrected chi connectivity index (χ0v) is 13.9. The summed E-state index contributed by atoms with van der Waals surface area (Å²) in [5.41, 5.74) is -0.171. The van der Waals surface area contributed by atoms with Crippen LogP contribution < -0.4 is 0 Å². The second-order valence-corrected chi connectivity index (χ2v) is 6.86. The van der Waals surface area contributed by atoms with Gasteiger partial charge in [-0.05, 0) is 60.6 Å². The maximum Gasteiger partial charge on any atom is 0.309 e. The van der Waals surface area contributed by atoms with Crippen LogP contribution in [0.15, 0.2) is 18.2 Å². The average Bonchev–Trinajstić information content (AvgIpc) is 2.42. The summed E-state index contributed by atoms with van der Waals surface area (Å²) in [5.74, 6) is -0.877. The molecule has 1 aromatic rings. The van der Waals surface area contributed by atoms with Gasteiger partial charge in [0.1, 0.15) is 0 Å². The topological polar surface area (TPSA) is 57.6 Å². The number of benzene rings is 1. The van der Waals surface area contributed by atoms with Gasteiger partial charge in [0, 0.05) is 22.2 Å². The molecule has 1 heterocycles. The minimum atomic E-state index is -0.790. The van der Waals surface area contributed by atoms with Crippen molar-refractivity contribution >= 4 is 46.1 Å². The lowest BCUT2D eigenvalue weighted by atomic mass is 9.80. The fourth-order valence-electron chi connectivity index (χ4n) is 2.23. The van der Waals surface area contributed by atoms with Crippen molar-refractivity contribution in [3.8, 4) is 0 Å². The molecule has 0 saturated carbocycles. The molecular weight excluding hydrogens is 393 g/mol. The minimum Gasteiger partial charge on any atom is -0.481 e. The molecule has 1 aliphatic rings. The minimum absolute atomic E-state index is 0.0873. The van der Waals surface area contributed by atoms with Crippen LogP contribution >= 0.6 is 34.2 Å². The van der Waals surface area contributed by atoms with E-state index in [2.05, 4.69) is 22.6 Å². The van der Waals surface area contributed by atoms with Crippen molar-refractivity contribution in [3.05, 3.63) is 32.4 Å². The quantitative estimate of drug-likeness (QED) is 0.766. The van der Waals surface area contributed by atoms with Crippen LogP contribution in [0.3, 0.4) is 0 Å². The van der Waals surface area contributed by atoms with E-state index in [4.69, 9.17) is 11.6 Å². The number of carboxylic acids is 1. The molecule has 0 aliphatic carbocycles. The number of nitrogens with zero attached hydrogens (tertiary/aromatic N) is 1. The fourth-order valence-corrected chi connectivity index (χ4v) is 2.74. The predicted octanol–water partition coefficient (Wildman–Crippen LogP) is 3.27. The van der Waals surface area contributed by atoms with Crippen molar-refractivity contribution in [2.45, 2.75) is 19.8 Å². The number of aliphatic carboxylic acids is 1. The number of halogens is 2. The van der Waals surface area contributed by atoms with Crippen LogP contribution in [0.2, 0.25) is 5.02 Å². The molecular formula is C14H15ClINO3. The number of carbonyl (C=O) groups excluding carboxylic acids is 1. The number of hydrogen-bond acceptors (Lipinski definition) is 2. The Kier molecular flexibility index (Phi) is 4.59. The largest absolute Gasteiger partial charge is 0.481 e. The van der Waals surface area contributed by atoms with Crippen LogP contribution in [0.5, 0.6) is 0 Å². The van der Waals surface area contributed by atoms with Gasteiger partial charge in [-0.3, -0.25) is 9.59 Å². The molecule has 1 amide bonds. The smallest absolute Gasteiger partial charge is 0.309 e.